The Labute approximate surface area is 108 Å². The van der Waals surface area contributed by atoms with Crippen molar-refractivity contribution < 1.29 is 9.15 Å². The van der Waals surface area contributed by atoms with Crippen molar-refractivity contribution in [2.24, 2.45) is 22.9 Å². The summed E-state index contributed by atoms with van der Waals surface area (Å²) in [6, 6.07) is 3.67. The van der Waals surface area contributed by atoms with E-state index in [4.69, 9.17) is 32.1 Å². The molecule has 1 aromatic heterocycles. The van der Waals surface area contributed by atoms with E-state index in [1.165, 1.54) is 0 Å². The van der Waals surface area contributed by atoms with Gasteiger partial charge in [-0.1, -0.05) is 0 Å². The van der Waals surface area contributed by atoms with Crippen molar-refractivity contribution in [3.8, 4) is 0 Å². The molecule has 0 radical (unpaired) electrons. The Hall–Kier alpha value is -0.920. The van der Waals surface area contributed by atoms with Gasteiger partial charge >= 0.3 is 0 Å². The first-order valence-electron chi connectivity index (χ1n) is 6.26. The minimum atomic E-state index is 0.276. The molecule has 0 amide bonds. The molecule has 6 heteroatoms. The molecule has 2 rings (SSSR count). The topological polar surface area (TPSA) is 126 Å². The predicted octanol–water partition coefficient (Wildman–Crippen LogP) is -0.352. The molecule has 104 valence electrons. The standard InChI is InChI=1S/C6H14N2O.C6H10N2O/c2*7-3-5-1-2-6(4-8)9-5/h5-6H,1-4,7-8H2;1-2H,3-4,7-8H2. The maximum absolute atomic E-state index is 5.41. The van der Waals surface area contributed by atoms with Crippen molar-refractivity contribution in [1.29, 1.82) is 0 Å². The Bertz CT molecular complexity index is 301. The van der Waals surface area contributed by atoms with E-state index >= 15 is 0 Å². The predicted molar refractivity (Wildman–Crippen MR) is 70.5 cm³/mol. The second-order valence-electron chi connectivity index (χ2n) is 4.21. The average Bonchev–Trinajstić information content (AvgIpc) is 3.07. The molecule has 0 spiro atoms. The number of rotatable bonds is 4. The summed E-state index contributed by atoms with van der Waals surface area (Å²) in [5.74, 6) is 1.57. The van der Waals surface area contributed by atoms with E-state index in [9.17, 15) is 0 Å². The van der Waals surface area contributed by atoms with Gasteiger partial charge in [0.05, 0.1) is 25.3 Å². The van der Waals surface area contributed by atoms with Gasteiger partial charge in [-0.05, 0) is 25.0 Å². The SMILES string of the molecule is NCC1CCC(CN)O1.NCc1ccc(CN)o1. The summed E-state index contributed by atoms with van der Waals surface area (Å²) in [4.78, 5) is 0. The lowest BCUT2D eigenvalue weighted by Crippen LogP contribution is -2.24. The van der Waals surface area contributed by atoms with Gasteiger partial charge in [0, 0.05) is 13.1 Å². The molecule has 2 unspecified atom stereocenters. The smallest absolute Gasteiger partial charge is 0.117 e. The van der Waals surface area contributed by atoms with E-state index < -0.39 is 0 Å². The Balaban J connectivity index is 0.000000180. The minimum absolute atomic E-state index is 0.276. The molecule has 18 heavy (non-hydrogen) atoms. The monoisotopic (exact) mass is 256 g/mol. The second-order valence-corrected chi connectivity index (χ2v) is 4.21. The van der Waals surface area contributed by atoms with E-state index in [0.29, 0.717) is 26.2 Å². The Kier molecular flexibility index (Phi) is 6.92. The highest BCUT2D eigenvalue weighted by atomic mass is 16.5. The summed E-state index contributed by atoms with van der Waals surface area (Å²) in [6.45, 7) is 2.16. The highest BCUT2D eigenvalue weighted by Crippen LogP contribution is 2.17. The van der Waals surface area contributed by atoms with Crippen LogP contribution in [0.1, 0.15) is 24.4 Å². The van der Waals surface area contributed by atoms with Crippen LogP contribution < -0.4 is 22.9 Å². The van der Waals surface area contributed by atoms with Gasteiger partial charge in [-0.15, -0.1) is 0 Å². The first-order chi connectivity index (χ1) is 8.73. The van der Waals surface area contributed by atoms with E-state index in [1.54, 1.807) is 0 Å². The number of hydrogen-bond acceptors (Lipinski definition) is 6. The average molecular weight is 256 g/mol. The van der Waals surface area contributed by atoms with Crippen molar-refractivity contribution in [3.05, 3.63) is 23.7 Å². The highest BCUT2D eigenvalue weighted by molar-refractivity contribution is 5.06. The lowest BCUT2D eigenvalue weighted by molar-refractivity contribution is 0.0555. The Morgan fingerprint density at radius 3 is 1.56 bits per heavy atom. The largest absolute Gasteiger partial charge is 0.463 e. The fraction of sp³-hybridized carbons (Fsp3) is 0.667. The fourth-order valence-electron chi connectivity index (χ4n) is 1.77. The molecule has 1 aliphatic rings. The molecule has 2 atom stereocenters. The molecule has 2 heterocycles. The van der Waals surface area contributed by atoms with Gasteiger partial charge in [-0.2, -0.15) is 0 Å². The van der Waals surface area contributed by atoms with Crippen LogP contribution in [-0.4, -0.2) is 25.3 Å². The second kappa shape index (κ2) is 8.23. The molecule has 0 aromatic carbocycles. The van der Waals surface area contributed by atoms with Crippen LogP contribution in [-0.2, 0) is 17.8 Å². The summed E-state index contributed by atoms with van der Waals surface area (Å²) in [5.41, 5.74) is 21.3. The third-order valence-corrected chi connectivity index (χ3v) is 2.84. The summed E-state index contributed by atoms with van der Waals surface area (Å²) < 4.78 is 10.5. The molecule has 0 aliphatic carbocycles. The van der Waals surface area contributed by atoms with E-state index in [2.05, 4.69) is 0 Å². The van der Waals surface area contributed by atoms with Gasteiger partial charge in [-0.25, -0.2) is 0 Å². The zero-order valence-corrected chi connectivity index (χ0v) is 10.7. The number of nitrogens with two attached hydrogens (primary N) is 4. The molecule has 8 N–H and O–H groups in total. The molecule has 0 bridgehead atoms. The Morgan fingerprint density at radius 2 is 1.33 bits per heavy atom. The molecular weight excluding hydrogens is 232 g/mol. The van der Waals surface area contributed by atoms with E-state index in [1.807, 2.05) is 12.1 Å². The van der Waals surface area contributed by atoms with Gasteiger partial charge in [0.2, 0.25) is 0 Å². The van der Waals surface area contributed by atoms with Gasteiger partial charge in [-0.3, -0.25) is 0 Å². The van der Waals surface area contributed by atoms with Crippen molar-refractivity contribution >= 4 is 0 Å². The first-order valence-corrected chi connectivity index (χ1v) is 6.26. The van der Waals surface area contributed by atoms with Crippen LogP contribution >= 0.6 is 0 Å². The van der Waals surface area contributed by atoms with Crippen LogP contribution in [0.2, 0.25) is 0 Å². The zero-order valence-electron chi connectivity index (χ0n) is 10.7. The Morgan fingerprint density at radius 1 is 0.889 bits per heavy atom. The third kappa shape index (κ3) is 4.75. The van der Waals surface area contributed by atoms with E-state index in [-0.39, 0.29) is 12.2 Å². The maximum atomic E-state index is 5.41. The first kappa shape index (κ1) is 15.1. The molecule has 1 saturated heterocycles. The lowest BCUT2D eigenvalue weighted by Gasteiger charge is -2.08. The number of ether oxygens (including phenoxy) is 1. The van der Waals surface area contributed by atoms with Gasteiger partial charge in [0.25, 0.3) is 0 Å². The minimum Gasteiger partial charge on any atom is -0.463 e. The molecule has 1 aromatic rings. The third-order valence-electron chi connectivity index (χ3n) is 2.84. The quantitative estimate of drug-likeness (QED) is 0.583. The fourth-order valence-corrected chi connectivity index (χ4v) is 1.77. The van der Waals surface area contributed by atoms with Crippen molar-refractivity contribution in [1.82, 2.24) is 0 Å². The van der Waals surface area contributed by atoms with Gasteiger partial charge in [0.15, 0.2) is 0 Å². The summed E-state index contributed by atoms with van der Waals surface area (Å²) in [5, 5.41) is 0. The molecule has 0 saturated carbocycles. The van der Waals surface area contributed by atoms with Crippen molar-refractivity contribution in [2.45, 2.75) is 38.1 Å². The summed E-state index contributed by atoms with van der Waals surface area (Å²) >= 11 is 0. The van der Waals surface area contributed by atoms with Crippen LogP contribution in [0, 0.1) is 0 Å². The van der Waals surface area contributed by atoms with Gasteiger partial charge < -0.3 is 32.1 Å². The molecular formula is C12H24N4O2. The van der Waals surface area contributed by atoms with Crippen LogP contribution in [0.5, 0.6) is 0 Å². The van der Waals surface area contributed by atoms with Crippen molar-refractivity contribution in [3.63, 3.8) is 0 Å². The molecule has 1 aliphatic heterocycles. The van der Waals surface area contributed by atoms with Crippen molar-refractivity contribution in [2.75, 3.05) is 13.1 Å². The summed E-state index contributed by atoms with van der Waals surface area (Å²) in [7, 11) is 0. The van der Waals surface area contributed by atoms with Gasteiger partial charge in [0.1, 0.15) is 11.5 Å². The van der Waals surface area contributed by atoms with Crippen LogP contribution in [0.4, 0.5) is 0 Å². The lowest BCUT2D eigenvalue weighted by atomic mass is 10.2. The van der Waals surface area contributed by atoms with Crippen LogP contribution in [0.15, 0.2) is 16.5 Å². The number of furan rings is 1. The zero-order chi connectivity index (χ0) is 13.4. The molecule has 1 fully saturated rings. The molecule has 6 nitrogen and oxygen atoms in total. The summed E-state index contributed by atoms with van der Waals surface area (Å²) in [6.07, 6.45) is 2.72. The number of hydrogen-bond donors (Lipinski definition) is 4. The van der Waals surface area contributed by atoms with Crippen LogP contribution in [0.3, 0.4) is 0 Å². The maximum Gasteiger partial charge on any atom is 0.117 e. The van der Waals surface area contributed by atoms with Crippen LogP contribution in [0.25, 0.3) is 0 Å². The normalized spacial score (nSPS) is 22.7. The highest BCUT2D eigenvalue weighted by Gasteiger charge is 2.22. The van der Waals surface area contributed by atoms with E-state index in [0.717, 1.165) is 24.4 Å².